The molecule has 2 aliphatic rings. The number of carbonyl (C=O) groups is 1. The topological polar surface area (TPSA) is 196 Å². The number of piperidine rings is 1. The summed E-state index contributed by atoms with van der Waals surface area (Å²) in [5.41, 5.74) is 15.6. The van der Waals surface area contributed by atoms with Crippen LogP contribution in [0.5, 0.6) is 11.5 Å². The van der Waals surface area contributed by atoms with E-state index in [0.29, 0.717) is 33.7 Å². The summed E-state index contributed by atoms with van der Waals surface area (Å²) in [7, 11) is 0. The molecule has 0 saturated carbocycles. The predicted molar refractivity (Wildman–Crippen MR) is 238 cm³/mol. The van der Waals surface area contributed by atoms with Crippen molar-refractivity contribution in [3.05, 3.63) is 82.5 Å². The summed E-state index contributed by atoms with van der Waals surface area (Å²) >= 11 is 8.41. The van der Waals surface area contributed by atoms with Crippen molar-refractivity contribution in [3.63, 3.8) is 0 Å². The summed E-state index contributed by atoms with van der Waals surface area (Å²) < 4.78 is 32.4. The number of anilines is 4. The Hall–Kier alpha value is -5.10. The monoisotopic (exact) mass is 882 g/mol. The second-order valence-electron chi connectivity index (χ2n) is 15.8. The van der Waals surface area contributed by atoms with Crippen LogP contribution in [0.4, 0.5) is 36.2 Å². The maximum Gasteiger partial charge on any atom is 0.388 e. The standard InChI is InChI=1S/C40H49ClN10O3S.C3H5F3/c1-24(2)28-20-29(32(54)21-31(28)53)38(44)51(37(43)25(3)52)27-10-8-26(9-11-27)23-48-16-18-49(19-17-48)30-6-5-7-33(35(30)41)55-39-36(42)47-34(22-46-39)50-14-12-40(4,45)13-15-50;1-2-3(4,5)6/h5-11,20-22,24,43-44,53-54H,12-19,23,45H2,1-4H3,(H2,42,47);2H2,1H3. The summed E-state index contributed by atoms with van der Waals surface area (Å²) in [4.78, 5) is 30.6. The van der Waals surface area contributed by atoms with Gasteiger partial charge in [-0.15, -0.1) is 0 Å². The summed E-state index contributed by atoms with van der Waals surface area (Å²) in [5.74, 6) is -0.518. The van der Waals surface area contributed by atoms with Crippen molar-refractivity contribution in [2.24, 2.45) is 5.73 Å². The smallest absolute Gasteiger partial charge is 0.388 e. The van der Waals surface area contributed by atoms with E-state index in [4.69, 9.17) is 33.9 Å². The average molecular weight is 883 g/mol. The van der Waals surface area contributed by atoms with Crippen molar-refractivity contribution in [2.45, 2.75) is 88.0 Å². The molecule has 2 saturated heterocycles. The number of phenols is 2. The Kier molecular flexibility index (Phi) is 15.2. The molecule has 8 N–H and O–H groups in total. The molecule has 4 aromatic rings. The van der Waals surface area contributed by atoms with Crippen molar-refractivity contribution < 1.29 is 28.2 Å². The Labute approximate surface area is 363 Å². The van der Waals surface area contributed by atoms with Crippen molar-refractivity contribution in [2.75, 3.05) is 59.7 Å². The van der Waals surface area contributed by atoms with Crippen molar-refractivity contribution in [1.29, 1.82) is 10.8 Å². The lowest BCUT2D eigenvalue weighted by Gasteiger charge is -2.37. The number of carbonyl (C=O) groups excluding carboxylic acids is 1. The molecular formula is C43H54ClF3N10O3S. The molecule has 0 spiro atoms. The molecule has 18 heteroatoms. The van der Waals surface area contributed by atoms with Gasteiger partial charge in [-0.2, -0.15) is 13.2 Å². The fraction of sp³-hybridized carbons (Fsp3) is 0.419. The van der Waals surface area contributed by atoms with Crippen LogP contribution in [0, 0.1) is 10.8 Å². The van der Waals surface area contributed by atoms with Gasteiger partial charge >= 0.3 is 6.18 Å². The van der Waals surface area contributed by atoms with E-state index in [2.05, 4.69) is 31.6 Å². The van der Waals surface area contributed by atoms with Gasteiger partial charge in [-0.25, -0.2) is 9.97 Å². The molecule has 0 aliphatic carbocycles. The molecular weight excluding hydrogens is 829 g/mol. The Morgan fingerprint density at radius 1 is 1.00 bits per heavy atom. The molecule has 0 radical (unpaired) electrons. The van der Waals surface area contributed by atoms with Crippen LogP contribution < -0.4 is 26.2 Å². The molecule has 13 nitrogen and oxygen atoms in total. The number of hydrogen-bond donors (Lipinski definition) is 6. The Bertz CT molecular complexity index is 2210. The van der Waals surface area contributed by atoms with Gasteiger partial charge in [-0.05, 0) is 67.1 Å². The molecule has 6 rings (SSSR count). The van der Waals surface area contributed by atoms with Crippen molar-refractivity contribution in [3.8, 4) is 11.5 Å². The van der Waals surface area contributed by atoms with Crippen LogP contribution in [0.2, 0.25) is 5.02 Å². The maximum absolute atomic E-state index is 12.4. The third-order valence-corrected chi connectivity index (χ3v) is 12.2. The fourth-order valence-corrected chi connectivity index (χ4v) is 8.00. The highest BCUT2D eigenvalue weighted by Gasteiger charge is 2.29. The van der Waals surface area contributed by atoms with Crippen molar-refractivity contribution >= 4 is 63.8 Å². The lowest BCUT2D eigenvalue weighted by atomic mass is 9.91. The van der Waals surface area contributed by atoms with E-state index >= 15 is 0 Å². The quantitative estimate of drug-likeness (QED) is 0.0659. The number of amidine groups is 2. The number of nitrogens with one attached hydrogen (secondary N) is 2. The molecule has 0 unspecified atom stereocenters. The number of nitrogens with zero attached hydrogens (tertiary/aromatic N) is 6. The summed E-state index contributed by atoms with van der Waals surface area (Å²) in [6.07, 6.45) is -1.15. The van der Waals surface area contributed by atoms with Crippen LogP contribution in [-0.2, 0) is 11.3 Å². The highest BCUT2D eigenvalue weighted by molar-refractivity contribution is 7.99. The van der Waals surface area contributed by atoms with Gasteiger partial charge in [-0.1, -0.05) is 62.3 Å². The van der Waals surface area contributed by atoms with Gasteiger partial charge in [0.25, 0.3) is 0 Å². The van der Waals surface area contributed by atoms with E-state index in [1.165, 1.54) is 35.7 Å². The molecule has 3 aromatic carbocycles. The lowest BCUT2D eigenvalue weighted by Crippen LogP contribution is -2.48. The van der Waals surface area contributed by atoms with E-state index in [1.54, 1.807) is 18.3 Å². The minimum absolute atomic E-state index is 0.0751. The van der Waals surface area contributed by atoms with Gasteiger partial charge in [0, 0.05) is 81.3 Å². The third kappa shape index (κ3) is 12.1. The number of nitrogens with two attached hydrogens (primary N) is 2. The Balaban J connectivity index is 0.00000109. The Morgan fingerprint density at radius 3 is 2.18 bits per heavy atom. The van der Waals surface area contributed by atoms with E-state index < -0.39 is 24.2 Å². The minimum atomic E-state index is -3.96. The first-order valence-electron chi connectivity index (χ1n) is 20.0. The van der Waals surface area contributed by atoms with Crippen LogP contribution in [0.25, 0.3) is 0 Å². The highest BCUT2D eigenvalue weighted by Crippen LogP contribution is 2.40. The van der Waals surface area contributed by atoms with Crippen molar-refractivity contribution in [1.82, 2.24) is 14.9 Å². The van der Waals surface area contributed by atoms with Crippen LogP contribution >= 0.6 is 23.4 Å². The number of benzene rings is 3. The zero-order valence-corrected chi connectivity index (χ0v) is 36.6. The first kappa shape index (κ1) is 47.0. The number of halogens is 4. The summed E-state index contributed by atoms with van der Waals surface area (Å²) in [6, 6.07) is 16.1. The predicted octanol–water partition coefficient (Wildman–Crippen LogP) is 8.39. The lowest BCUT2D eigenvalue weighted by molar-refractivity contribution is -0.130. The third-order valence-electron chi connectivity index (χ3n) is 10.6. The van der Waals surface area contributed by atoms with Gasteiger partial charge in [0.15, 0.2) is 17.4 Å². The van der Waals surface area contributed by atoms with Crippen LogP contribution in [0.15, 0.2) is 70.7 Å². The average Bonchev–Trinajstić information content (AvgIpc) is 3.20. The number of alkyl halides is 3. The highest BCUT2D eigenvalue weighted by atomic mass is 35.5. The number of Topliss-reactive ketones (excluding diaryl/α,β-unsaturated/α-hetero) is 1. The van der Waals surface area contributed by atoms with Crippen LogP contribution in [0.3, 0.4) is 0 Å². The first-order chi connectivity index (χ1) is 28.7. The molecule has 328 valence electrons. The maximum atomic E-state index is 12.4. The number of aromatic hydroxyl groups is 2. The second-order valence-corrected chi connectivity index (χ2v) is 17.2. The number of phenolic OH excluding ortho intramolecular Hbond substituents is 2. The molecule has 0 amide bonds. The van der Waals surface area contributed by atoms with Gasteiger partial charge in [-0.3, -0.25) is 25.4 Å². The molecule has 61 heavy (non-hydrogen) atoms. The molecule has 0 atom stereocenters. The summed E-state index contributed by atoms with van der Waals surface area (Å²) in [6.45, 7) is 13.7. The number of ketones is 1. The first-order valence-corrected chi connectivity index (χ1v) is 21.2. The SMILES string of the molecule is CC(=O)C(=N)N(C(=N)c1cc(C(C)C)c(O)cc1O)c1ccc(CN2CCN(c3cccc(Sc4ncc(N5CCC(C)(N)CC5)nc4N)c3Cl)CC2)cc1.CCC(F)(F)F. The van der Waals surface area contributed by atoms with Gasteiger partial charge < -0.3 is 31.5 Å². The largest absolute Gasteiger partial charge is 0.508 e. The van der Waals surface area contributed by atoms with Crippen LogP contribution in [0.1, 0.15) is 76.5 Å². The zero-order chi connectivity index (χ0) is 44.8. The van der Waals surface area contributed by atoms with E-state index in [1.807, 2.05) is 44.2 Å². The molecule has 3 heterocycles. The summed E-state index contributed by atoms with van der Waals surface area (Å²) in [5, 5.41) is 39.7. The van der Waals surface area contributed by atoms with Gasteiger partial charge in [0.1, 0.15) is 28.2 Å². The second kappa shape index (κ2) is 19.7. The molecule has 2 aliphatic heterocycles. The molecule has 2 fully saturated rings. The number of hydrogen-bond acceptors (Lipinski definition) is 13. The minimum Gasteiger partial charge on any atom is -0.508 e. The van der Waals surface area contributed by atoms with Gasteiger partial charge in [0.05, 0.1) is 22.5 Å². The van der Waals surface area contributed by atoms with Crippen LogP contribution in [-0.4, -0.2) is 93.5 Å². The normalized spacial score (nSPS) is 15.6. The number of nitrogen functional groups attached to an aromatic ring is 1. The van der Waals surface area contributed by atoms with Gasteiger partial charge in [0.2, 0.25) is 0 Å². The van der Waals surface area contributed by atoms with E-state index in [-0.39, 0.29) is 34.4 Å². The Morgan fingerprint density at radius 2 is 1.62 bits per heavy atom. The number of piperazine rings is 1. The van der Waals surface area contributed by atoms with E-state index in [0.717, 1.165) is 81.0 Å². The van der Waals surface area contributed by atoms with E-state index in [9.17, 15) is 28.2 Å². The number of aromatic nitrogens is 2. The fourth-order valence-electron chi connectivity index (χ4n) is 6.84. The number of rotatable bonds is 10. The molecule has 1 aromatic heterocycles. The molecule has 0 bridgehead atoms. The zero-order valence-electron chi connectivity index (χ0n) is 35.0.